The van der Waals surface area contributed by atoms with Gasteiger partial charge in [0.1, 0.15) is 0 Å². The zero-order valence-corrected chi connectivity index (χ0v) is 11.6. The van der Waals surface area contributed by atoms with Crippen LogP contribution in [0.1, 0.15) is 56.8 Å². The molecule has 1 N–H and O–H groups in total. The van der Waals surface area contributed by atoms with Crippen molar-refractivity contribution in [3.05, 3.63) is 5.82 Å². The first-order valence-electron chi connectivity index (χ1n) is 7.46. The highest BCUT2D eigenvalue weighted by molar-refractivity contribution is 5.66. The van der Waals surface area contributed by atoms with E-state index in [1.165, 1.54) is 25.7 Å². The monoisotopic (exact) mass is 279 g/mol. The van der Waals surface area contributed by atoms with E-state index in [1.54, 1.807) is 0 Å². The van der Waals surface area contributed by atoms with E-state index in [4.69, 9.17) is 5.11 Å². The SMILES string of the molecule is O=C(O)CCC1CCCCN1Cc1nnnn1C1CC1. The smallest absolute Gasteiger partial charge is 0.303 e. The number of carboxylic acid groups (broad SMARTS) is 1. The first-order valence-corrected chi connectivity index (χ1v) is 7.46. The number of carbonyl (C=O) groups is 1. The van der Waals surface area contributed by atoms with Gasteiger partial charge in [-0.1, -0.05) is 6.42 Å². The van der Waals surface area contributed by atoms with Crippen molar-refractivity contribution in [2.75, 3.05) is 6.54 Å². The van der Waals surface area contributed by atoms with Gasteiger partial charge in [-0.25, -0.2) is 4.68 Å². The van der Waals surface area contributed by atoms with Gasteiger partial charge in [-0.2, -0.15) is 0 Å². The summed E-state index contributed by atoms with van der Waals surface area (Å²) in [5.41, 5.74) is 0. The van der Waals surface area contributed by atoms with Crippen molar-refractivity contribution in [2.45, 2.75) is 63.6 Å². The molecule has 1 saturated heterocycles. The summed E-state index contributed by atoms with van der Waals surface area (Å²) in [6, 6.07) is 0.839. The van der Waals surface area contributed by atoms with E-state index in [1.807, 2.05) is 4.68 Å². The predicted molar refractivity (Wildman–Crippen MR) is 71.0 cm³/mol. The summed E-state index contributed by atoms with van der Waals surface area (Å²) in [5.74, 6) is 0.216. The fourth-order valence-corrected chi connectivity index (χ4v) is 2.99. The normalized spacial score (nSPS) is 23.9. The van der Waals surface area contributed by atoms with Gasteiger partial charge < -0.3 is 5.11 Å². The maximum Gasteiger partial charge on any atom is 0.303 e. The van der Waals surface area contributed by atoms with Crippen LogP contribution in [-0.2, 0) is 11.3 Å². The lowest BCUT2D eigenvalue weighted by Crippen LogP contribution is -2.39. The van der Waals surface area contributed by atoms with Gasteiger partial charge in [-0.05, 0) is 49.1 Å². The van der Waals surface area contributed by atoms with Crippen LogP contribution in [0.2, 0.25) is 0 Å². The van der Waals surface area contributed by atoms with Crippen molar-refractivity contribution in [3.63, 3.8) is 0 Å². The highest BCUT2D eigenvalue weighted by atomic mass is 16.4. The molecular weight excluding hydrogens is 258 g/mol. The number of piperidine rings is 1. The Bertz CT molecular complexity index is 471. The molecule has 110 valence electrons. The molecule has 0 spiro atoms. The molecule has 2 aliphatic rings. The summed E-state index contributed by atoms with van der Waals surface area (Å²) in [6.45, 7) is 1.76. The van der Waals surface area contributed by atoms with Crippen molar-refractivity contribution < 1.29 is 9.90 Å². The average Bonchev–Trinajstić information content (AvgIpc) is 3.18. The maximum absolute atomic E-state index is 10.8. The van der Waals surface area contributed by atoms with E-state index in [0.29, 0.717) is 12.1 Å². The molecule has 0 bridgehead atoms. The maximum atomic E-state index is 10.8. The van der Waals surface area contributed by atoms with Gasteiger partial charge in [-0.15, -0.1) is 5.10 Å². The zero-order valence-electron chi connectivity index (χ0n) is 11.6. The van der Waals surface area contributed by atoms with Crippen LogP contribution in [0.4, 0.5) is 0 Å². The van der Waals surface area contributed by atoms with Crippen molar-refractivity contribution in [2.24, 2.45) is 0 Å². The summed E-state index contributed by atoms with van der Waals surface area (Å²) in [7, 11) is 0. The summed E-state index contributed by atoms with van der Waals surface area (Å²) in [4.78, 5) is 13.1. The molecule has 1 unspecified atom stereocenters. The van der Waals surface area contributed by atoms with Gasteiger partial charge in [0.25, 0.3) is 0 Å². The second kappa shape index (κ2) is 5.87. The molecule has 2 heterocycles. The molecule has 0 aromatic carbocycles. The number of hydrogen-bond acceptors (Lipinski definition) is 5. The standard InChI is InChI=1S/C13H21N5O2/c19-13(20)7-6-10-3-1-2-8-17(10)9-12-14-15-16-18(12)11-4-5-11/h10-11H,1-9H2,(H,19,20). The number of hydrogen-bond donors (Lipinski definition) is 1. The molecule has 3 rings (SSSR count). The van der Waals surface area contributed by atoms with Crippen LogP contribution in [-0.4, -0.2) is 48.8 Å². The van der Waals surface area contributed by atoms with E-state index >= 15 is 0 Å². The molecular formula is C13H21N5O2. The van der Waals surface area contributed by atoms with Gasteiger partial charge >= 0.3 is 5.97 Å². The minimum atomic E-state index is -0.710. The Hall–Kier alpha value is -1.50. The molecule has 1 aliphatic carbocycles. The van der Waals surface area contributed by atoms with Crippen LogP contribution >= 0.6 is 0 Å². The number of rotatable bonds is 6. The number of nitrogens with zero attached hydrogens (tertiary/aromatic N) is 5. The average molecular weight is 279 g/mol. The Morgan fingerprint density at radius 1 is 1.30 bits per heavy atom. The van der Waals surface area contributed by atoms with Crippen LogP contribution in [0.15, 0.2) is 0 Å². The van der Waals surface area contributed by atoms with Crippen LogP contribution in [0.5, 0.6) is 0 Å². The largest absolute Gasteiger partial charge is 0.481 e. The second-order valence-corrected chi connectivity index (χ2v) is 5.82. The van der Waals surface area contributed by atoms with Gasteiger partial charge in [0.2, 0.25) is 0 Å². The molecule has 1 aromatic rings. The minimum Gasteiger partial charge on any atom is -0.481 e. The summed E-state index contributed by atoms with van der Waals surface area (Å²) < 4.78 is 1.95. The van der Waals surface area contributed by atoms with E-state index in [9.17, 15) is 4.79 Å². The van der Waals surface area contributed by atoms with Crippen molar-refractivity contribution >= 4 is 5.97 Å². The molecule has 1 atom stereocenters. The van der Waals surface area contributed by atoms with Gasteiger partial charge in [0.15, 0.2) is 5.82 Å². The Morgan fingerprint density at radius 2 is 2.15 bits per heavy atom. The van der Waals surface area contributed by atoms with Crippen molar-refractivity contribution in [1.82, 2.24) is 25.1 Å². The highest BCUT2D eigenvalue weighted by Crippen LogP contribution is 2.35. The number of aliphatic carboxylic acids is 1. The van der Waals surface area contributed by atoms with E-state index in [0.717, 1.165) is 31.8 Å². The fourth-order valence-electron chi connectivity index (χ4n) is 2.99. The topological polar surface area (TPSA) is 84.1 Å². The fraction of sp³-hybridized carbons (Fsp3) is 0.846. The molecule has 1 aliphatic heterocycles. The highest BCUT2D eigenvalue weighted by Gasteiger charge is 2.30. The Labute approximate surface area is 117 Å². The van der Waals surface area contributed by atoms with Gasteiger partial charge in [-0.3, -0.25) is 9.69 Å². The van der Waals surface area contributed by atoms with Crippen LogP contribution in [0, 0.1) is 0 Å². The van der Waals surface area contributed by atoms with Crippen LogP contribution in [0.25, 0.3) is 0 Å². The number of carboxylic acids is 1. The quantitative estimate of drug-likeness (QED) is 0.843. The predicted octanol–water partition coefficient (Wildman–Crippen LogP) is 1.23. The minimum absolute atomic E-state index is 0.245. The summed E-state index contributed by atoms with van der Waals surface area (Å²) >= 11 is 0. The molecule has 0 amide bonds. The summed E-state index contributed by atoms with van der Waals surface area (Å²) in [5, 5.41) is 20.9. The molecule has 7 heteroatoms. The second-order valence-electron chi connectivity index (χ2n) is 5.82. The molecule has 7 nitrogen and oxygen atoms in total. The number of likely N-dealkylation sites (tertiary alicyclic amines) is 1. The van der Waals surface area contributed by atoms with E-state index in [2.05, 4.69) is 20.4 Å². The van der Waals surface area contributed by atoms with Crippen LogP contribution < -0.4 is 0 Å². The molecule has 1 saturated carbocycles. The van der Waals surface area contributed by atoms with Gasteiger partial charge in [0.05, 0.1) is 12.6 Å². The number of tetrazole rings is 1. The lowest BCUT2D eigenvalue weighted by molar-refractivity contribution is -0.137. The van der Waals surface area contributed by atoms with E-state index < -0.39 is 5.97 Å². The molecule has 0 radical (unpaired) electrons. The Balaban J connectivity index is 1.63. The van der Waals surface area contributed by atoms with Gasteiger partial charge in [0, 0.05) is 12.5 Å². The third-order valence-corrected chi connectivity index (χ3v) is 4.24. The lowest BCUT2D eigenvalue weighted by Gasteiger charge is -2.35. The van der Waals surface area contributed by atoms with E-state index in [-0.39, 0.29) is 6.42 Å². The third-order valence-electron chi connectivity index (χ3n) is 4.24. The van der Waals surface area contributed by atoms with Crippen LogP contribution in [0.3, 0.4) is 0 Å². The zero-order chi connectivity index (χ0) is 13.9. The molecule has 20 heavy (non-hydrogen) atoms. The summed E-state index contributed by atoms with van der Waals surface area (Å²) in [6.07, 6.45) is 6.75. The molecule has 2 fully saturated rings. The Morgan fingerprint density at radius 3 is 2.90 bits per heavy atom. The lowest BCUT2D eigenvalue weighted by atomic mass is 9.98. The first kappa shape index (κ1) is 13.5. The third kappa shape index (κ3) is 3.15. The van der Waals surface area contributed by atoms with Crippen molar-refractivity contribution in [3.8, 4) is 0 Å². The molecule has 1 aromatic heterocycles. The number of aromatic nitrogens is 4. The first-order chi connectivity index (χ1) is 9.74. The van der Waals surface area contributed by atoms with Crippen molar-refractivity contribution in [1.29, 1.82) is 0 Å². The Kier molecular flexibility index (Phi) is 3.95.